The molecule has 0 saturated heterocycles. The van der Waals surface area contributed by atoms with Gasteiger partial charge in [-0.25, -0.2) is 18.0 Å². The average Bonchev–Trinajstić information content (AvgIpc) is 2.13. The Bertz CT molecular complexity index is 433. The third kappa shape index (κ3) is 2.26. The minimum atomic E-state index is -1.75. The number of anilines is 1. The van der Waals surface area contributed by atoms with E-state index < -0.39 is 40.8 Å². The highest BCUT2D eigenvalue weighted by molar-refractivity contribution is 5.95. The molecule has 3 nitrogen and oxygen atoms in total. The first-order valence-corrected chi connectivity index (χ1v) is 4.48. The van der Waals surface area contributed by atoms with Crippen LogP contribution in [0.2, 0.25) is 0 Å². The van der Waals surface area contributed by atoms with Gasteiger partial charge in [0.1, 0.15) is 5.56 Å². The van der Waals surface area contributed by atoms with Gasteiger partial charge in [-0.2, -0.15) is 0 Å². The van der Waals surface area contributed by atoms with Gasteiger partial charge < -0.3 is 10.5 Å². The standard InChI is InChI=1S/C10H10F3NO2/c1-4(2)16-10(15)7-6(14)3-5(11)8(12)9(7)13/h3-4H,14H2,1-2H3. The zero-order chi connectivity index (χ0) is 12.5. The van der Waals surface area contributed by atoms with Crippen molar-refractivity contribution in [2.45, 2.75) is 20.0 Å². The summed E-state index contributed by atoms with van der Waals surface area (Å²) in [7, 11) is 0. The number of nitrogen functional groups attached to an aromatic ring is 1. The molecule has 0 heterocycles. The predicted molar refractivity (Wildman–Crippen MR) is 51.3 cm³/mol. The molecule has 0 spiro atoms. The van der Waals surface area contributed by atoms with E-state index >= 15 is 0 Å². The van der Waals surface area contributed by atoms with Crippen LogP contribution in [0.4, 0.5) is 18.9 Å². The topological polar surface area (TPSA) is 52.3 Å². The molecular weight excluding hydrogens is 223 g/mol. The van der Waals surface area contributed by atoms with Crippen LogP contribution in [0.15, 0.2) is 6.07 Å². The Morgan fingerprint density at radius 3 is 2.38 bits per heavy atom. The van der Waals surface area contributed by atoms with E-state index in [9.17, 15) is 18.0 Å². The summed E-state index contributed by atoms with van der Waals surface area (Å²) in [6, 6.07) is 0.537. The first-order chi connectivity index (χ1) is 7.34. The highest BCUT2D eigenvalue weighted by Crippen LogP contribution is 2.23. The van der Waals surface area contributed by atoms with Gasteiger partial charge in [0.15, 0.2) is 17.5 Å². The molecule has 2 N–H and O–H groups in total. The molecule has 0 aliphatic heterocycles. The lowest BCUT2D eigenvalue weighted by Gasteiger charge is -2.11. The maximum Gasteiger partial charge on any atom is 0.343 e. The molecule has 0 aliphatic rings. The lowest BCUT2D eigenvalue weighted by molar-refractivity contribution is 0.0372. The van der Waals surface area contributed by atoms with Gasteiger partial charge in [-0.1, -0.05) is 0 Å². The number of rotatable bonds is 2. The van der Waals surface area contributed by atoms with Gasteiger partial charge in [0.05, 0.1) is 11.8 Å². The molecule has 6 heteroatoms. The normalized spacial score (nSPS) is 10.6. The van der Waals surface area contributed by atoms with E-state index in [-0.39, 0.29) is 0 Å². The van der Waals surface area contributed by atoms with Gasteiger partial charge in [-0.15, -0.1) is 0 Å². The third-order valence-corrected chi connectivity index (χ3v) is 1.74. The fraction of sp³-hybridized carbons (Fsp3) is 0.300. The minimum Gasteiger partial charge on any atom is -0.459 e. The quantitative estimate of drug-likeness (QED) is 0.484. The molecule has 0 amide bonds. The monoisotopic (exact) mass is 233 g/mol. The zero-order valence-corrected chi connectivity index (χ0v) is 8.68. The summed E-state index contributed by atoms with van der Waals surface area (Å²) in [5.41, 5.74) is 3.94. The Morgan fingerprint density at radius 1 is 1.31 bits per heavy atom. The number of hydrogen-bond donors (Lipinski definition) is 1. The molecule has 1 aromatic carbocycles. The van der Waals surface area contributed by atoms with Gasteiger partial charge in [-0.3, -0.25) is 0 Å². The third-order valence-electron chi connectivity index (χ3n) is 1.74. The predicted octanol–water partition coefficient (Wildman–Crippen LogP) is 2.25. The summed E-state index contributed by atoms with van der Waals surface area (Å²) < 4.78 is 43.4. The molecule has 0 atom stereocenters. The fourth-order valence-corrected chi connectivity index (χ4v) is 1.09. The highest BCUT2D eigenvalue weighted by Gasteiger charge is 2.24. The number of halogens is 3. The number of ether oxygens (including phenoxy) is 1. The number of benzene rings is 1. The van der Waals surface area contributed by atoms with E-state index in [1.54, 1.807) is 0 Å². The van der Waals surface area contributed by atoms with Crippen LogP contribution in [-0.2, 0) is 4.74 Å². The lowest BCUT2D eigenvalue weighted by Crippen LogP contribution is -2.16. The maximum atomic E-state index is 13.2. The minimum absolute atomic E-state index is 0.498. The van der Waals surface area contributed by atoms with E-state index in [1.807, 2.05) is 0 Å². The number of nitrogens with two attached hydrogens (primary N) is 1. The molecule has 1 rings (SSSR count). The van der Waals surface area contributed by atoms with Gasteiger partial charge in [0.25, 0.3) is 0 Å². The van der Waals surface area contributed by atoms with Crippen LogP contribution >= 0.6 is 0 Å². The summed E-state index contributed by atoms with van der Waals surface area (Å²) in [6.45, 7) is 3.07. The Morgan fingerprint density at radius 2 is 1.88 bits per heavy atom. The Hall–Kier alpha value is -1.72. The van der Waals surface area contributed by atoms with Crippen LogP contribution in [-0.4, -0.2) is 12.1 Å². The lowest BCUT2D eigenvalue weighted by atomic mass is 10.1. The molecule has 0 saturated carbocycles. The number of carbonyl (C=O) groups excluding carboxylic acids is 1. The van der Waals surface area contributed by atoms with Crippen LogP contribution < -0.4 is 5.73 Å². The van der Waals surface area contributed by atoms with Gasteiger partial charge >= 0.3 is 5.97 Å². The number of esters is 1. The molecular formula is C10H10F3NO2. The first-order valence-electron chi connectivity index (χ1n) is 4.48. The highest BCUT2D eigenvalue weighted by atomic mass is 19.2. The largest absolute Gasteiger partial charge is 0.459 e. The molecule has 0 fully saturated rings. The van der Waals surface area contributed by atoms with Crippen LogP contribution in [0.3, 0.4) is 0 Å². The Kier molecular flexibility index (Phi) is 3.41. The molecule has 0 bridgehead atoms. The van der Waals surface area contributed by atoms with E-state index in [0.717, 1.165) is 0 Å². The summed E-state index contributed by atoms with van der Waals surface area (Å²) in [6.07, 6.45) is -0.514. The van der Waals surface area contributed by atoms with Crippen molar-refractivity contribution in [3.8, 4) is 0 Å². The summed E-state index contributed by atoms with van der Waals surface area (Å²) >= 11 is 0. The van der Waals surface area contributed by atoms with Gasteiger partial charge in [-0.05, 0) is 13.8 Å². The van der Waals surface area contributed by atoms with Crippen LogP contribution in [0, 0.1) is 17.5 Å². The molecule has 88 valence electrons. The van der Waals surface area contributed by atoms with Crippen LogP contribution in [0.5, 0.6) is 0 Å². The molecule has 0 aliphatic carbocycles. The van der Waals surface area contributed by atoms with Crippen molar-refractivity contribution in [3.63, 3.8) is 0 Å². The molecule has 0 aromatic heterocycles. The second kappa shape index (κ2) is 4.42. The Balaban J connectivity index is 3.24. The van der Waals surface area contributed by atoms with Crippen molar-refractivity contribution in [2.24, 2.45) is 0 Å². The number of carbonyl (C=O) groups is 1. The first kappa shape index (κ1) is 12.4. The fourth-order valence-electron chi connectivity index (χ4n) is 1.09. The second-order valence-electron chi connectivity index (χ2n) is 3.40. The molecule has 0 unspecified atom stereocenters. The summed E-state index contributed by atoms with van der Waals surface area (Å²) in [5.74, 6) is -5.95. The van der Waals surface area contributed by atoms with E-state index in [4.69, 9.17) is 5.73 Å². The van der Waals surface area contributed by atoms with Crippen molar-refractivity contribution in [2.75, 3.05) is 5.73 Å². The van der Waals surface area contributed by atoms with E-state index in [1.165, 1.54) is 13.8 Å². The van der Waals surface area contributed by atoms with Gasteiger partial charge in [0.2, 0.25) is 0 Å². The van der Waals surface area contributed by atoms with Crippen molar-refractivity contribution in [1.82, 2.24) is 0 Å². The molecule has 16 heavy (non-hydrogen) atoms. The van der Waals surface area contributed by atoms with E-state index in [0.29, 0.717) is 6.07 Å². The summed E-state index contributed by atoms with van der Waals surface area (Å²) in [5, 5.41) is 0. The maximum absolute atomic E-state index is 13.2. The van der Waals surface area contributed by atoms with Crippen molar-refractivity contribution in [1.29, 1.82) is 0 Å². The van der Waals surface area contributed by atoms with Crippen LogP contribution in [0.1, 0.15) is 24.2 Å². The Labute approximate surface area is 90.0 Å². The molecule has 1 aromatic rings. The van der Waals surface area contributed by atoms with Crippen molar-refractivity contribution >= 4 is 11.7 Å². The SMILES string of the molecule is CC(C)OC(=O)c1c(N)cc(F)c(F)c1F. The number of hydrogen-bond acceptors (Lipinski definition) is 3. The molecule has 0 radical (unpaired) electrons. The van der Waals surface area contributed by atoms with E-state index in [2.05, 4.69) is 4.74 Å². The van der Waals surface area contributed by atoms with Gasteiger partial charge in [0, 0.05) is 6.07 Å². The van der Waals surface area contributed by atoms with Crippen LogP contribution in [0.25, 0.3) is 0 Å². The summed E-state index contributed by atoms with van der Waals surface area (Å²) in [4.78, 5) is 11.3. The average molecular weight is 233 g/mol. The smallest absolute Gasteiger partial charge is 0.343 e. The second-order valence-corrected chi connectivity index (χ2v) is 3.40. The van der Waals surface area contributed by atoms with Crippen molar-refractivity contribution in [3.05, 3.63) is 29.1 Å². The zero-order valence-electron chi connectivity index (χ0n) is 8.68. The van der Waals surface area contributed by atoms with Crippen molar-refractivity contribution < 1.29 is 22.7 Å².